The summed E-state index contributed by atoms with van der Waals surface area (Å²) in [6.45, 7) is 5.22. The topological polar surface area (TPSA) is 55.8 Å². The molecule has 0 rings (SSSR count). The third-order valence-corrected chi connectivity index (χ3v) is 10.0. The zero-order valence-electron chi connectivity index (χ0n) is 36.4. The first-order valence-corrected chi connectivity index (χ1v) is 23.5. The number of carbonyl (C=O) groups excluding carboxylic acids is 1. The molecule has 0 aliphatic carbocycles. The van der Waals surface area contributed by atoms with Crippen LogP contribution in [0.15, 0.2) is 72.9 Å². The second-order valence-corrected chi connectivity index (χ2v) is 15.4. The fourth-order valence-electron chi connectivity index (χ4n) is 6.53. The summed E-state index contributed by atoms with van der Waals surface area (Å²) in [4.78, 5) is 12.2. The van der Waals surface area contributed by atoms with Gasteiger partial charge in [-0.2, -0.15) is 0 Å². The van der Waals surface area contributed by atoms with Crippen molar-refractivity contribution < 1.29 is 19.4 Å². The summed E-state index contributed by atoms with van der Waals surface area (Å²) in [5, 5.41) is 9.63. The molecule has 0 aromatic heterocycles. The summed E-state index contributed by atoms with van der Waals surface area (Å²) in [6.07, 6.45) is 65.4. The summed E-state index contributed by atoms with van der Waals surface area (Å²) in [7, 11) is 0. The second-order valence-electron chi connectivity index (χ2n) is 15.4. The van der Waals surface area contributed by atoms with Crippen LogP contribution in [0.25, 0.3) is 0 Å². The number of aliphatic hydroxyl groups excluding tert-OH is 1. The quantitative estimate of drug-likeness (QED) is 0.0381. The molecule has 0 aromatic rings. The fourth-order valence-corrected chi connectivity index (χ4v) is 6.53. The first-order chi connectivity index (χ1) is 27.2. The molecule has 0 aliphatic rings. The molecule has 0 amide bonds. The lowest BCUT2D eigenvalue weighted by Crippen LogP contribution is -2.27. The number of allylic oxidation sites excluding steroid dienone is 12. The summed E-state index contributed by atoms with van der Waals surface area (Å²) in [6, 6.07) is 0. The molecule has 318 valence electrons. The van der Waals surface area contributed by atoms with Crippen molar-refractivity contribution in [2.24, 2.45) is 0 Å². The van der Waals surface area contributed by atoms with E-state index in [1.165, 1.54) is 141 Å². The first-order valence-electron chi connectivity index (χ1n) is 23.5. The average molecular weight is 767 g/mol. The van der Waals surface area contributed by atoms with Crippen molar-refractivity contribution in [1.29, 1.82) is 0 Å². The molecule has 4 heteroatoms. The SMILES string of the molecule is CC/C=C\C/C=C\C/C=C\C/C=C\C/C=C\CCCCCCCCCC(=O)OC(CO)COCCCCCCCCCCCC/C=C\CCCCCCCC. The van der Waals surface area contributed by atoms with Crippen molar-refractivity contribution in [3.8, 4) is 0 Å². The van der Waals surface area contributed by atoms with E-state index in [1.54, 1.807) is 0 Å². The van der Waals surface area contributed by atoms with Gasteiger partial charge in [0.25, 0.3) is 0 Å². The van der Waals surface area contributed by atoms with Gasteiger partial charge in [-0.3, -0.25) is 4.79 Å². The minimum atomic E-state index is -0.545. The van der Waals surface area contributed by atoms with Gasteiger partial charge in [0.2, 0.25) is 0 Å². The van der Waals surface area contributed by atoms with E-state index >= 15 is 0 Å². The maximum Gasteiger partial charge on any atom is 0.306 e. The van der Waals surface area contributed by atoms with Gasteiger partial charge < -0.3 is 14.6 Å². The number of unbranched alkanes of at least 4 members (excludes halogenated alkanes) is 23. The van der Waals surface area contributed by atoms with Crippen LogP contribution < -0.4 is 0 Å². The van der Waals surface area contributed by atoms with Gasteiger partial charge in [0.05, 0.1) is 13.2 Å². The largest absolute Gasteiger partial charge is 0.457 e. The van der Waals surface area contributed by atoms with Crippen molar-refractivity contribution in [3.05, 3.63) is 72.9 Å². The highest BCUT2D eigenvalue weighted by Gasteiger charge is 2.13. The lowest BCUT2D eigenvalue weighted by atomic mass is 10.1. The van der Waals surface area contributed by atoms with Gasteiger partial charge in [0, 0.05) is 13.0 Å². The molecule has 0 spiro atoms. The molecular formula is C51H90O4. The van der Waals surface area contributed by atoms with Crippen LogP contribution in [-0.2, 0) is 14.3 Å². The van der Waals surface area contributed by atoms with Crippen LogP contribution in [-0.4, -0.2) is 37.0 Å². The molecule has 0 aliphatic heterocycles. The van der Waals surface area contributed by atoms with E-state index in [4.69, 9.17) is 9.47 Å². The van der Waals surface area contributed by atoms with Crippen LogP contribution in [0.4, 0.5) is 0 Å². The summed E-state index contributed by atoms with van der Waals surface area (Å²) in [5.41, 5.74) is 0. The second kappa shape index (κ2) is 48.0. The van der Waals surface area contributed by atoms with Crippen molar-refractivity contribution >= 4 is 5.97 Å². The van der Waals surface area contributed by atoms with E-state index < -0.39 is 6.10 Å². The number of hydrogen-bond donors (Lipinski definition) is 1. The smallest absolute Gasteiger partial charge is 0.306 e. The van der Waals surface area contributed by atoms with E-state index in [-0.39, 0.29) is 19.2 Å². The molecule has 0 saturated carbocycles. The predicted molar refractivity (Wildman–Crippen MR) is 242 cm³/mol. The molecule has 0 saturated heterocycles. The average Bonchev–Trinajstić information content (AvgIpc) is 3.19. The Hall–Kier alpha value is -2.17. The van der Waals surface area contributed by atoms with E-state index in [2.05, 4.69) is 86.8 Å². The van der Waals surface area contributed by atoms with Crippen LogP contribution in [0.1, 0.15) is 219 Å². The van der Waals surface area contributed by atoms with E-state index in [1.807, 2.05) is 0 Å². The molecule has 0 fully saturated rings. The molecule has 0 bridgehead atoms. The number of carbonyl (C=O) groups is 1. The van der Waals surface area contributed by atoms with Crippen molar-refractivity contribution in [2.75, 3.05) is 19.8 Å². The Balaban J connectivity index is 3.47. The summed E-state index contributed by atoms with van der Waals surface area (Å²) >= 11 is 0. The van der Waals surface area contributed by atoms with Gasteiger partial charge in [0.1, 0.15) is 6.10 Å². The number of hydrogen-bond acceptors (Lipinski definition) is 4. The third-order valence-electron chi connectivity index (χ3n) is 10.0. The van der Waals surface area contributed by atoms with Crippen LogP contribution in [0.2, 0.25) is 0 Å². The number of rotatable bonds is 43. The lowest BCUT2D eigenvalue weighted by molar-refractivity contribution is -0.154. The Morgan fingerprint density at radius 1 is 0.455 bits per heavy atom. The number of esters is 1. The highest BCUT2D eigenvalue weighted by Crippen LogP contribution is 2.14. The molecule has 0 aromatic carbocycles. The Morgan fingerprint density at radius 2 is 0.818 bits per heavy atom. The Bertz CT molecular complexity index is 942. The Labute approximate surface area is 342 Å². The Kier molecular flexibility index (Phi) is 46.1. The Morgan fingerprint density at radius 3 is 1.25 bits per heavy atom. The zero-order chi connectivity index (χ0) is 39.8. The van der Waals surface area contributed by atoms with Crippen LogP contribution in [0, 0.1) is 0 Å². The molecule has 1 unspecified atom stereocenters. The van der Waals surface area contributed by atoms with Gasteiger partial charge in [0.15, 0.2) is 0 Å². The lowest BCUT2D eigenvalue weighted by Gasteiger charge is -2.16. The van der Waals surface area contributed by atoms with Gasteiger partial charge in [-0.25, -0.2) is 0 Å². The fraction of sp³-hybridized carbons (Fsp3) is 0.745. The molecule has 0 radical (unpaired) electrons. The standard InChI is InChI=1S/C51H90O4/c1-3-5-7-9-11-13-15-17-19-21-23-25-26-27-28-30-32-34-36-38-40-42-44-46-51(53)55-50(48-52)49-54-47-45-43-41-39-37-35-33-31-29-24-22-20-18-16-14-12-10-8-6-4-2/h5,7,11,13,17-20,23,25,27-28,50,52H,3-4,6,8-10,12,14-16,21-22,24,26,29-49H2,1-2H3/b7-5-,13-11-,19-17-,20-18-,25-23-,28-27-. The third kappa shape index (κ3) is 46.1. The highest BCUT2D eigenvalue weighted by atomic mass is 16.6. The van der Waals surface area contributed by atoms with E-state index in [0.717, 1.165) is 57.8 Å². The van der Waals surface area contributed by atoms with Gasteiger partial charge in [-0.1, -0.05) is 202 Å². The molecule has 0 heterocycles. The maximum atomic E-state index is 12.2. The van der Waals surface area contributed by atoms with Gasteiger partial charge in [-0.05, 0) is 83.5 Å². The number of aliphatic hydroxyl groups is 1. The van der Waals surface area contributed by atoms with Crippen molar-refractivity contribution in [3.63, 3.8) is 0 Å². The molecule has 4 nitrogen and oxygen atoms in total. The molecule has 1 N–H and O–H groups in total. The first kappa shape index (κ1) is 52.8. The summed E-state index contributed by atoms with van der Waals surface area (Å²) < 4.78 is 11.2. The molecular weight excluding hydrogens is 677 g/mol. The minimum Gasteiger partial charge on any atom is -0.457 e. The molecule has 55 heavy (non-hydrogen) atoms. The zero-order valence-corrected chi connectivity index (χ0v) is 36.4. The predicted octanol–water partition coefficient (Wildman–Crippen LogP) is 15.8. The minimum absolute atomic E-state index is 0.179. The van der Waals surface area contributed by atoms with Crippen LogP contribution >= 0.6 is 0 Å². The van der Waals surface area contributed by atoms with Gasteiger partial charge >= 0.3 is 5.97 Å². The van der Waals surface area contributed by atoms with E-state index in [9.17, 15) is 9.90 Å². The van der Waals surface area contributed by atoms with E-state index in [0.29, 0.717) is 13.0 Å². The maximum absolute atomic E-state index is 12.2. The summed E-state index contributed by atoms with van der Waals surface area (Å²) in [5.74, 6) is -0.213. The van der Waals surface area contributed by atoms with Crippen LogP contribution in [0.5, 0.6) is 0 Å². The highest BCUT2D eigenvalue weighted by molar-refractivity contribution is 5.69. The molecule has 1 atom stereocenters. The van der Waals surface area contributed by atoms with Crippen molar-refractivity contribution in [1.82, 2.24) is 0 Å². The number of ether oxygens (including phenoxy) is 2. The normalized spacial score (nSPS) is 13.0. The van der Waals surface area contributed by atoms with Crippen LogP contribution in [0.3, 0.4) is 0 Å². The van der Waals surface area contributed by atoms with Gasteiger partial charge in [-0.15, -0.1) is 0 Å². The van der Waals surface area contributed by atoms with Crippen molar-refractivity contribution in [2.45, 2.75) is 225 Å². The monoisotopic (exact) mass is 767 g/mol.